The Balaban J connectivity index is 2.18. The molecule has 1 unspecified atom stereocenters. The topological polar surface area (TPSA) is 61.0 Å². The molecule has 2 amide bonds. The van der Waals surface area contributed by atoms with Crippen molar-refractivity contribution < 1.29 is 4.79 Å². The summed E-state index contributed by atoms with van der Waals surface area (Å²) in [6, 6.07) is 5.32. The number of H-pyrrole nitrogens is 1. The van der Waals surface area contributed by atoms with Crippen molar-refractivity contribution in [2.24, 2.45) is 0 Å². The Labute approximate surface area is 121 Å². The number of aromatic amines is 1. The first-order chi connectivity index (χ1) is 9.63. The third kappa shape index (κ3) is 1.86. The van der Waals surface area contributed by atoms with Crippen LogP contribution in [0.4, 0.5) is 10.5 Å². The van der Waals surface area contributed by atoms with Crippen molar-refractivity contribution in [3.63, 3.8) is 0 Å². The normalized spacial score (nSPS) is 16.6. The van der Waals surface area contributed by atoms with E-state index in [1.807, 2.05) is 26.0 Å². The van der Waals surface area contributed by atoms with E-state index in [0.29, 0.717) is 11.6 Å². The smallest absolute Gasteiger partial charge is 0.322 e. The maximum atomic E-state index is 12.3. The second-order valence-electron chi connectivity index (χ2n) is 4.74. The van der Waals surface area contributed by atoms with Crippen molar-refractivity contribution in [1.82, 2.24) is 15.5 Å². The van der Waals surface area contributed by atoms with Crippen LogP contribution in [0.25, 0.3) is 11.3 Å². The van der Waals surface area contributed by atoms with E-state index < -0.39 is 0 Å². The van der Waals surface area contributed by atoms with E-state index >= 15 is 0 Å². The molecule has 2 N–H and O–H groups in total. The fraction of sp³-hybridized carbons (Fsp3) is 0.286. The Morgan fingerprint density at radius 1 is 1.55 bits per heavy atom. The molecular formula is C14H15ClN4O. The molecule has 1 aromatic carbocycles. The van der Waals surface area contributed by atoms with Gasteiger partial charge in [-0.2, -0.15) is 5.10 Å². The highest BCUT2D eigenvalue weighted by atomic mass is 35.5. The predicted molar refractivity (Wildman–Crippen MR) is 79.0 cm³/mol. The van der Waals surface area contributed by atoms with E-state index in [1.54, 1.807) is 17.2 Å². The lowest BCUT2D eigenvalue weighted by Crippen LogP contribution is -2.43. The van der Waals surface area contributed by atoms with Gasteiger partial charge in [0.05, 0.1) is 23.6 Å². The number of hydrogen-bond acceptors (Lipinski definition) is 2. The minimum atomic E-state index is -0.115. The number of carbonyl (C=O) groups is 1. The van der Waals surface area contributed by atoms with E-state index in [0.717, 1.165) is 22.5 Å². The van der Waals surface area contributed by atoms with Crippen molar-refractivity contribution in [2.75, 3.05) is 11.4 Å². The summed E-state index contributed by atoms with van der Waals surface area (Å²) in [6.45, 7) is 4.48. The molecule has 0 fully saturated rings. The van der Waals surface area contributed by atoms with Crippen LogP contribution in [0.1, 0.15) is 25.5 Å². The number of urea groups is 1. The maximum Gasteiger partial charge on any atom is 0.322 e. The van der Waals surface area contributed by atoms with Gasteiger partial charge in [0.25, 0.3) is 0 Å². The number of fused-ring (bicyclic) bond motifs is 3. The first-order valence-electron chi connectivity index (χ1n) is 6.53. The first-order valence-corrected chi connectivity index (χ1v) is 6.91. The summed E-state index contributed by atoms with van der Waals surface area (Å²) in [5.74, 6) is 0. The van der Waals surface area contributed by atoms with Gasteiger partial charge in [0.2, 0.25) is 0 Å². The van der Waals surface area contributed by atoms with Crippen molar-refractivity contribution in [1.29, 1.82) is 0 Å². The lowest BCUT2D eigenvalue weighted by molar-refractivity contribution is 0.245. The lowest BCUT2D eigenvalue weighted by atomic mass is 9.95. The van der Waals surface area contributed by atoms with Crippen LogP contribution < -0.4 is 10.2 Å². The van der Waals surface area contributed by atoms with E-state index in [9.17, 15) is 4.79 Å². The summed E-state index contributed by atoms with van der Waals surface area (Å²) in [7, 11) is 0. The largest absolute Gasteiger partial charge is 0.338 e. The maximum absolute atomic E-state index is 12.3. The third-order valence-electron chi connectivity index (χ3n) is 3.54. The summed E-state index contributed by atoms with van der Waals surface area (Å²) in [5.41, 5.74) is 3.65. The Hall–Kier alpha value is -2.01. The van der Waals surface area contributed by atoms with Crippen LogP contribution in [0.3, 0.4) is 0 Å². The van der Waals surface area contributed by atoms with E-state index in [1.165, 1.54) is 0 Å². The minimum absolute atomic E-state index is 0.0797. The summed E-state index contributed by atoms with van der Waals surface area (Å²) in [5, 5.41) is 10.6. The summed E-state index contributed by atoms with van der Waals surface area (Å²) in [4.78, 5) is 14.1. The zero-order valence-corrected chi connectivity index (χ0v) is 12.0. The van der Waals surface area contributed by atoms with Crippen molar-refractivity contribution in [2.45, 2.75) is 19.9 Å². The molecule has 0 saturated carbocycles. The van der Waals surface area contributed by atoms with Crippen LogP contribution in [-0.4, -0.2) is 22.8 Å². The number of carbonyl (C=O) groups excluding carboxylic acids is 1. The van der Waals surface area contributed by atoms with Gasteiger partial charge in [-0.3, -0.25) is 10.00 Å². The molecule has 2 heterocycles. The number of aromatic nitrogens is 2. The van der Waals surface area contributed by atoms with Crippen LogP contribution in [0.2, 0.25) is 5.02 Å². The Morgan fingerprint density at radius 2 is 2.35 bits per heavy atom. The van der Waals surface area contributed by atoms with Gasteiger partial charge in [-0.1, -0.05) is 11.6 Å². The highest BCUT2D eigenvalue weighted by Crippen LogP contribution is 2.44. The number of nitrogens with zero attached hydrogens (tertiary/aromatic N) is 2. The third-order valence-corrected chi connectivity index (χ3v) is 3.78. The fourth-order valence-corrected chi connectivity index (χ4v) is 2.79. The van der Waals surface area contributed by atoms with Gasteiger partial charge in [0, 0.05) is 22.7 Å². The Kier molecular flexibility index (Phi) is 3.14. The molecule has 0 spiro atoms. The monoisotopic (exact) mass is 290 g/mol. The molecule has 2 aromatic rings. The second-order valence-corrected chi connectivity index (χ2v) is 5.18. The molecule has 104 valence electrons. The highest BCUT2D eigenvalue weighted by Gasteiger charge is 2.33. The average molecular weight is 291 g/mol. The number of nitrogens with one attached hydrogen (secondary N) is 2. The fourth-order valence-electron chi connectivity index (χ4n) is 2.62. The highest BCUT2D eigenvalue weighted by molar-refractivity contribution is 6.31. The van der Waals surface area contributed by atoms with E-state index in [4.69, 9.17) is 11.6 Å². The van der Waals surface area contributed by atoms with Gasteiger partial charge in [0.15, 0.2) is 0 Å². The van der Waals surface area contributed by atoms with Gasteiger partial charge < -0.3 is 5.32 Å². The lowest BCUT2D eigenvalue weighted by Gasteiger charge is -2.34. The molecule has 0 radical (unpaired) electrons. The van der Waals surface area contributed by atoms with Crippen LogP contribution in [0.5, 0.6) is 0 Å². The van der Waals surface area contributed by atoms with Crippen LogP contribution >= 0.6 is 11.6 Å². The molecule has 1 aromatic heterocycles. The van der Waals surface area contributed by atoms with Crippen molar-refractivity contribution in [3.05, 3.63) is 35.0 Å². The Morgan fingerprint density at radius 3 is 3.10 bits per heavy atom. The molecule has 6 heteroatoms. The van der Waals surface area contributed by atoms with Gasteiger partial charge >= 0.3 is 6.03 Å². The summed E-state index contributed by atoms with van der Waals surface area (Å²) >= 11 is 6.08. The predicted octanol–water partition coefficient (Wildman–Crippen LogP) is 3.34. The zero-order valence-electron chi connectivity index (χ0n) is 11.3. The number of rotatable bonds is 1. The van der Waals surface area contributed by atoms with Crippen LogP contribution in [0, 0.1) is 0 Å². The number of hydrogen-bond donors (Lipinski definition) is 2. The molecule has 1 aliphatic heterocycles. The molecule has 0 bridgehead atoms. The molecule has 3 rings (SSSR count). The molecule has 1 aliphatic rings. The summed E-state index contributed by atoms with van der Waals surface area (Å²) < 4.78 is 0. The number of halogens is 1. The van der Waals surface area contributed by atoms with Gasteiger partial charge in [-0.25, -0.2) is 4.79 Å². The van der Waals surface area contributed by atoms with Crippen LogP contribution in [-0.2, 0) is 0 Å². The van der Waals surface area contributed by atoms with Gasteiger partial charge in [0.1, 0.15) is 0 Å². The molecule has 5 nitrogen and oxygen atoms in total. The average Bonchev–Trinajstić information content (AvgIpc) is 2.90. The van der Waals surface area contributed by atoms with Crippen molar-refractivity contribution in [3.8, 4) is 11.3 Å². The standard InChI is InChI=1S/C14H15ClN4O/c1-3-16-14(20)19-8(2)11-7-17-18-13(11)10-6-9(15)4-5-12(10)19/h4-8H,3H2,1-2H3,(H,16,20)(H,17,18). The van der Waals surface area contributed by atoms with E-state index in [-0.39, 0.29) is 12.1 Å². The SMILES string of the molecule is CCNC(=O)N1c2ccc(Cl)cc2-c2[nH]ncc2C1C. The minimum Gasteiger partial charge on any atom is -0.338 e. The van der Waals surface area contributed by atoms with Crippen LogP contribution in [0.15, 0.2) is 24.4 Å². The zero-order chi connectivity index (χ0) is 14.3. The number of benzene rings is 1. The Bertz CT molecular complexity index is 667. The molecule has 0 aliphatic carbocycles. The molecule has 1 atom stereocenters. The number of anilines is 1. The molecular weight excluding hydrogens is 276 g/mol. The van der Waals surface area contributed by atoms with Gasteiger partial charge in [-0.05, 0) is 32.0 Å². The number of amides is 2. The summed E-state index contributed by atoms with van der Waals surface area (Å²) in [6.07, 6.45) is 1.76. The quantitative estimate of drug-likeness (QED) is 0.846. The first kappa shape index (κ1) is 13.0. The molecule has 20 heavy (non-hydrogen) atoms. The second kappa shape index (κ2) is 4.83. The van der Waals surface area contributed by atoms with Gasteiger partial charge in [-0.15, -0.1) is 0 Å². The van der Waals surface area contributed by atoms with Crippen molar-refractivity contribution >= 4 is 23.3 Å². The van der Waals surface area contributed by atoms with E-state index in [2.05, 4.69) is 15.5 Å². The molecule has 0 saturated heterocycles.